The van der Waals surface area contributed by atoms with Gasteiger partial charge in [-0.05, 0) is 24.5 Å². The van der Waals surface area contributed by atoms with Crippen LogP contribution in [0.25, 0.3) is 0 Å². The van der Waals surface area contributed by atoms with E-state index >= 15 is 0 Å². The minimum absolute atomic E-state index is 0.380. The number of carboxylic acids is 1. The molecule has 1 aromatic rings. The number of hydrogen-bond donors (Lipinski definition) is 2. The van der Waals surface area contributed by atoms with Gasteiger partial charge in [-0.1, -0.05) is 6.07 Å². The van der Waals surface area contributed by atoms with Gasteiger partial charge in [-0.15, -0.1) is 0 Å². The molecule has 74 valence electrons. The van der Waals surface area contributed by atoms with Crippen molar-refractivity contribution in [1.82, 2.24) is 4.98 Å². The molecule has 1 unspecified atom stereocenters. The number of aliphatic carboxylic acids is 1. The minimum atomic E-state index is -1.10. The number of aryl methyl sites for hydroxylation is 1. The molecule has 0 radical (unpaired) electrons. The van der Waals surface area contributed by atoms with E-state index in [4.69, 9.17) is 10.8 Å². The molecule has 1 atom stereocenters. The van der Waals surface area contributed by atoms with Gasteiger partial charge in [0.25, 0.3) is 0 Å². The maximum Gasteiger partial charge on any atom is 0.324 e. The van der Waals surface area contributed by atoms with Gasteiger partial charge in [0.15, 0.2) is 0 Å². The van der Waals surface area contributed by atoms with Crippen LogP contribution in [0.5, 0.6) is 0 Å². The van der Waals surface area contributed by atoms with E-state index in [1.165, 1.54) is 0 Å². The average molecular weight is 192 g/mol. The number of nitrogens with zero attached hydrogens (tertiary/aromatic N) is 1. The van der Waals surface area contributed by atoms with E-state index in [2.05, 4.69) is 4.98 Å². The summed E-state index contributed by atoms with van der Waals surface area (Å²) in [5.74, 6) is -0.924. The Balaban J connectivity index is 2.34. The van der Waals surface area contributed by atoms with E-state index in [0.29, 0.717) is 19.3 Å². The van der Waals surface area contributed by atoms with Crippen LogP contribution in [0, 0.1) is 0 Å². The molecule has 0 bridgehead atoms. The number of hydrogen-bond acceptors (Lipinski definition) is 3. The number of aromatic nitrogens is 1. The van der Waals surface area contributed by atoms with Crippen molar-refractivity contribution in [3.05, 3.63) is 29.6 Å². The van der Waals surface area contributed by atoms with Crippen LogP contribution in [-0.2, 0) is 17.6 Å². The molecule has 0 aromatic carbocycles. The number of rotatable bonds is 1. The zero-order valence-corrected chi connectivity index (χ0v) is 7.73. The van der Waals surface area contributed by atoms with Gasteiger partial charge >= 0.3 is 5.97 Å². The van der Waals surface area contributed by atoms with Crippen LogP contribution in [-0.4, -0.2) is 21.6 Å². The van der Waals surface area contributed by atoms with E-state index < -0.39 is 11.5 Å². The van der Waals surface area contributed by atoms with Gasteiger partial charge in [-0.2, -0.15) is 0 Å². The van der Waals surface area contributed by atoms with Crippen molar-refractivity contribution in [3.8, 4) is 0 Å². The van der Waals surface area contributed by atoms with Gasteiger partial charge in [-0.25, -0.2) is 0 Å². The van der Waals surface area contributed by atoms with Crippen LogP contribution in [0.4, 0.5) is 0 Å². The Morgan fingerprint density at radius 3 is 3.14 bits per heavy atom. The second kappa shape index (κ2) is 3.06. The SMILES string of the molecule is NC1(C(=O)O)CCc2ncccc2C1. The second-order valence-electron chi connectivity index (χ2n) is 3.75. The molecule has 0 saturated carbocycles. The molecule has 4 heteroatoms. The summed E-state index contributed by atoms with van der Waals surface area (Å²) in [6.45, 7) is 0. The Bertz CT molecular complexity index is 378. The number of nitrogens with two attached hydrogens (primary N) is 1. The highest BCUT2D eigenvalue weighted by Crippen LogP contribution is 2.25. The fourth-order valence-electron chi connectivity index (χ4n) is 1.81. The maximum absolute atomic E-state index is 10.9. The zero-order valence-electron chi connectivity index (χ0n) is 7.73. The molecule has 0 spiro atoms. The lowest BCUT2D eigenvalue weighted by atomic mass is 9.81. The minimum Gasteiger partial charge on any atom is -0.480 e. The predicted molar refractivity (Wildman–Crippen MR) is 50.8 cm³/mol. The molecule has 1 heterocycles. The molecule has 0 fully saturated rings. The number of fused-ring (bicyclic) bond motifs is 1. The summed E-state index contributed by atoms with van der Waals surface area (Å²) in [5, 5.41) is 8.98. The molecule has 14 heavy (non-hydrogen) atoms. The third-order valence-electron chi connectivity index (χ3n) is 2.72. The Morgan fingerprint density at radius 1 is 1.64 bits per heavy atom. The van der Waals surface area contributed by atoms with Crippen LogP contribution in [0.15, 0.2) is 18.3 Å². The Hall–Kier alpha value is -1.42. The van der Waals surface area contributed by atoms with Gasteiger partial charge < -0.3 is 10.8 Å². The normalized spacial score (nSPS) is 25.5. The summed E-state index contributed by atoms with van der Waals surface area (Å²) in [6, 6.07) is 3.71. The first-order chi connectivity index (χ1) is 6.62. The van der Waals surface area contributed by atoms with Crippen LogP contribution >= 0.6 is 0 Å². The van der Waals surface area contributed by atoms with Crippen molar-refractivity contribution in [2.45, 2.75) is 24.8 Å². The van der Waals surface area contributed by atoms with Crippen molar-refractivity contribution >= 4 is 5.97 Å². The number of carboxylic acid groups (broad SMARTS) is 1. The first-order valence-electron chi connectivity index (χ1n) is 4.57. The van der Waals surface area contributed by atoms with Gasteiger partial charge in [0.05, 0.1) is 0 Å². The van der Waals surface area contributed by atoms with Gasteiger partial charge in [0.2, 0.25) is 0 Å². The summed E-state index contributed by atoms with van der Waals surface area (Å²) in [4.78, 5) is 15.1. The van der Waals surface area contributed by atoms with Crippen molar-refractivity contribution < 1.29 is 9.90 Å². The van der Waals surface area contributed by atoms with Crippen LogP contribution in [0.1, 0.15) is 17.7 Å². The zero-order chi connectivity index (χ0) is 10.2. The third-order valence-corrected chi connectivity index (χ3v) is 2.72. The monoisotopic (exact) mass is 192 g/mol. The Labute approximate surface area is 81.8 Å². The quantitative estimate of drug-likeness (QED) is 0.673. The highest BCUT2D eigenvalue weighted by molar-refractivity contribution is 5.79. The van der Waals surface area contributed by atoms with Crippen molar-refractivity contribution in [2.24, 2.45) is 5.73 Å². The molecule has 1 aliphatic rings. The van der Waals surface area contributed by atoms with Crippen molar-refractivity contribution in [3.63, 3.8) is 0 Å². The predicted octanol–water partition coefficient (Wildman–Crippen LogP) is 0.352. The third kappa shape index (κ3) is 1.37. The molecular weight excluding hydrogens is 180 g/mol. The molecule has 4 nitrogen and oxygen atoms in total. The van der Waals surface area contributed by atoms with Crippen LogP contribution in [0.3, 0.4) is 0 Å². The molecule has 1 aromatic heterocycles. The summed E-state index contributed by atoms with van der Waals surface area (Å²) < 4.78 is 0. The molecule has 0 saturated heterocycles. The lowest BCUT2D eigenvalue weighted by molar-refractivity contribution is -0.143. The maximum atomic E-state index is 10.9. The molecule has 0 aliphatic heterocycles. The van der Waals surface area contributed by atoms with Crippen molar-refractivity contribution in [2.75, 3.05) is 0 Å². The molecule has 0 amide bonds. The highest BCUT2D eigenvalue weighted by Gasteiger charge is 2.37. The molecule has 3 N–H and O–H groups in total. The Morgan fingerprint density at radius 2 is 2.43 bits per heavy atom. The van der Waals surface area contributed by atoms with Crippen molar-refractivity contribution in [1.29, 1.82) is 0 Å². The van der Waals surface area contributed by atoms with E-state index in [1.807, 2.05) is 12.1 Å². The first-order valence-corrected chi connectivity index (χ1v) is 4.57. The van der Waals surface area contributed by atoms with Gasteiger partial charge in [-0.3, -0.25) is 9.78 Å². The Kier molecular flexibility index (Phi) is 2.00. The summed E-state index contributed by atoms with van der Waals surface area (Å²) >= 11 is 0. The fraction of sp³-hybridized carbons (Fsp3) is 0.400. The first kappa shape index (κ1) is 9.15. The second-order valence-corrected chi connectivity index (χ2v) is 3.75. The number of pyridine rings is 1. The lowest BCUT2D eigenvalue weighted by Gasteiger charge is -2.29. The largest absolute Gasteiger partial charge is 0.480 e. The molecule has 2 rings (SSSR count). The smallest absolute Gasteiger partial charge is 0.324 e. The lowest BCUT2D eigenvalue weighted by Crippen LogP contribution is -2.52. The number of carbonyl (C=O) groups is 1. The topological polar surface area (TPSA) is 76.2 Å². The van der Waals surface area contributed by atoms with Crippen LogP contribution in [0.2, 0.25) is 0 Å². The van der Waals surface area contributed by atoms with Gasteiger partial charge in [0, 0.05) is 18.3 Å². The molecular formula is C10H12N2O2. The molecule has 1 aliphatic carbocycles. The fourth-order valence-corrected chi connectivity index (χ4v) is 1.81. The highest BCUT2D eigenvalue weighted by atomic mass is 16.4. The van der Waals surface area contributed by atoms with Crippen LogP contribution < -0.4 is 5.73 Å². The van der Waals surface area contributed by atoms with E-state index in [1.54, 1.807) is 6.20 Å². The van der Waals surface area contributed by atoms with E-state index in [-0.39, 0.29) is 0 Å². The summed E-state index contributed by atoms with van der Waals surface area (Å²) in [7, 11) is 0. The van der Waals surface area contributed by atoms with E-state index in [9.17, 15) is 4.79 Å². The van der Waals surface area contributed by atoms with E-state index in [0.717, 1.165) is 11.3 Å². The summed E-state index contributed by atoms with van der Waals surface area (Å²) in [5.41, 5.74) is 6.63. The standard InChI is InChI=1S/C10H12N2O2/c11-10(9(13)14)4-3-8-7(6-10)2-1-5-12-8/h1-2,5H,3-4,6,11H2,(H,13,14). The summed E-state index contributed by atoms with van der Waals surface area (Å²) in [6.07, 6.45) is 3.22. The average Bonchev–Trinajstić information content (AvgIpc) is 2.17. The van der Waals surface area contributed by atoms with Gasteiger partial charge in [0.1, 0.15) is 5.54 Å².